The first kappa shape index (κ1) is 16.2. The van der Waals surface area contributed by atoms with Crippen LogP contribution < -0.4 is 5.32 Å². The van der Waals surface area contributed by atoms with E-state index in [0.29, 0.717) is 12.2 Å². The van der Waals surface area contributed by atoms with E-state index in [1.807, 2.05) is 25.1 Å². The second-order valence-electron chi connectivity index (χ2n) is 4.79. The number of aryl methyl sites for hydroxylation is 1. The lowest BCUT2D eigenvalue weighted by atomic mass is 9.98. The monoisotopic (exact) mass is 288 g/mol. The van der Waals surface area contributed by atoms with Crippen molar-refractivity contribution in [2.45, 2.75) is 19.4 Å². The zero-order chi connectivity index (χ0) is 13.0. The van der Waals surface area contributed by atoms with Crippen LogP contribution in [0.15, 0.2) is 18.2 Å². The van der Waals surface area contributed by atoms with Crippen molar-refractivity contribution in [2.75, 3.05) is 32.9 Å². The van der Waals surface area contributed by atoms with E-state index in [4.69, 9.17) is 0 Å². The number of rotatable bonds is 4. The van der Waals surface area contributed by atoms with Crippen molar-refractivity contribution < 1.29 is 9.50 Å². The Morgan fingerprint density at radius 3 is 2.68 bits per heavy atom. The van der Waals surface area contributed by atoms with Gasteiger partial charge in [-0.1, -0.05) is 18.2 Å². The molecule has 0 aromatic heterocycles. The summed E-state index contributed by atoms with van der Waals surface area (Å²) in [5.41, 5.74) is 1.71. The van der Waals surface area contributed by atoms with Crippen molar-refractivity contribution in [1.82, 2.24) is 10.2 Å². The highest BCUT2D eigenvalue weighted by atomic mass is 35.5. The third-order valence-corrected chi connectivity index (χ3v) is 3.60. The van der Waals surface area contributed by atoms with Gasteiger partial charge in [-0.3, -0.25) is 9.29 Å². The molecule has 0 bridgehead atoms. The highest BCUT2D eigenvalue weighted by Gasteiger charge is 2.24. The maximum atomic E-state index is 12.8. The number of halogens is 2. The molecule has 1 aliphatic heterocycles. The normalized spacial score (nSPS) is 17.8. The van der Waals surface area contributed by atoms with Crippen LogP contribution in [0.2, 0.25) is 0 Å². The van der Waals surface area contributed by atoms with Gasteiger partial charge in [-0.25, -0.2) is 0 Å². The molecule has 0 spiro atoms. The molecule has 1 aromatic rings. The minimum atomic E-state index is -0.359. The number of phenolic OH excluding ortho intramolecular Hbond substituents is 1. The fourth-order valence-electron chi connectivity index (χ4n) is 2.58. The molecule has 1 aliphatic rings. The van der Waals surface area contributed by atoms with Gasteiger partial charge in [0.2, 0.25) is 0 Å². The summed E-state index contributed by atoms with van der Waals surface area (Å²) in [7, 11) is 0. The van der Waals surface area contributed by atoms with Crippen LogP contribution in [0.3, 0.4) is 0 Å². The smallest absolute Gasteiger partial charge is 0.123 e. The van der Waals surface area contributed by atoms with Crippen LogP contribution in [0.5, 0.6) is 5.75 Å². The van der Waals surface area contributed by atoms with Crippen LogP contribution >= 0.6 is 12.4 Å². The second-order valence-corrected chi connectivity index (χ2v) is 4.79. The number of benzene rings is 1. The first-order valence-corrected chi connectivity index (χ1v) is 6.53. The molecule has 2 N–H and O–H groups in total. The van der Waals surface area contributed by atoms with Crippen molar-refractivity contribution in [2.24, 2.45) is 0 Å². The van der Waals surface area contributed by atoms with Crippen molar-refractivity contribution in [3.8, 4) is 5.75 Å². The quantitative estimate of drug-likeness (QED) is 0.893. The zero-order valence-corrected chi connectivity index (χ0v) is 12.0. The molecule has 3 nitrogen and oxygen atoms in total. The summed E-state index contributed by atoms with van der Waals surface area (Å²) in [5.74, 6) is 0.314. The summed E-state index contributed by atoms with van der Waals surface area (Å²) in [5, 5.41) is 13.5. The van der Waals surface area contributed by atoms with Gasteiger partial charge in [0.1, 0.15) is 5.75 Å². The molecule has 1 heterocycles. The summed E-state index contributed by atoms with van der Waals surface area (Å²) in [6.07, 6.45) is 0.441. The first-order valence-electron chi connectivity index (χ1n) is 6.53. The van der Waals surface area contributed by atoms with E-state index in [-0.39, 0.29) is 25.1 Å². The first-order chi connectivity index (χ1) is 8.74. The van der Waals surface area contributed by atoms with Gasteiger partial charge in [0, 0.05) is 37.8 Å². The molecule has 2 rings (SSSR count). The molecule has 0 amide bonds. The maximum absolute atomic E-state index is 12.8. The number of phenols is 1. The average Bonchev–Trinajstić information content (AvgIpc) is 2.41. The number of piperazine rings is 1. The van der Waals surface area contributed by atoms with E-state index >= 15 is 0 Å². The molecule has 1 aromatic carbocycles. The highest BCUT2D eigenvalue weighted by molar-refractivity contribution is 5.85. The predicted molar refractivity (Wildman–Crippen MR) is 77.9 cm³/mol. The molecular formula is C14H22ClFN2O. The van der Waals surface area contributed by atoms with Crippen molar-refractivity contribution >= 4 is 12.4 Å². The molecule has 0 radical (unpaired) electrons. The zero-order valence-electron chi connectivity index (χ0n) is 11.2. The molecule has 108 valence electrons. The average molecular weight is 289 g/mol. The van der Waals surface area contributed by atoms with E-state index in [1.54, 1.807) is 0 Å². The third-order valence-electron chi connectivity index (χ3n) is 3.60. The Morgan fingerprint density at radius 2 is 2.05 bits per heavy atom. The Bertz CT molecular complexity index is 397. The standard InChI is InChI=1S/C14H21FN2O.ClH/c1-11-3-2-4-12(14(11)18)13(5-6-15)17-9-7-16-8-10-17;/h2-4,13,16,18H,5-10H2,1H3;1H/t13-;/m1./s1. The van der Waals surface area contributed by atoms with E-state index in [9.17, 15) is 9.50 Å². The van der Waals surface area contributed by atoms with Crippen molar-refractivity contribution in [3.05, 3.63) is 29.3 Å². The summed E-state index contributed by atoms with van der Waals surface area (Å²) in [6.45, 7) is 5.17. The Morgan fingerprint density at radius 1 is 1.37 bits per heavy atom. The van der Waals surface area contributed by atoms with E-state index in [0.717, 1.165) is 37.3 Å². The molecule has 19 heavy (non-hydrogen) atoms. The van der Waals surface area contributed by atoms with Gasteiger partial charge >= 0.3 is 0 Å². The molecule has 5 heteroatoms. The maximum Gasteiger partial charge on any atom is 0.123 e. The summed E-state index contributed by atoms with van der Waals surface area (Å²) in [6, 6.07) is 5.70. The van der Waals surface area contributed by atoms with Crippen LogP contribution in [-0.2, 0) is 0 Å². The molecule has 1 atom stereocenters. The van der Waals surface area contributed by atoms with E-state index < -0.39 is 0 Å². The number of para-hydroxylation sites is 1. The van der Waals surface area contributed by atoms with Gasteiger partial charge in [-0.05, 0) is 18.9 Å². The largest absolute Gasteiger partial charge is 0.507 e. The highest BCUT2D eigenvalue weighted by Crippen LogP contribution is 2.33. The Balaban J connectivity index is 0.00000180. The van der Waals surface area contributed by atoms with Crippen molar-refractivity contribution in [3.63, 3.8) is 0 Å². The number of hydrogen-bond acceptors (Lipinski definition) is 3. The fraction of sp³-hybridized carbons (Fsp3) is 0.571. The number of hydrogen-bond donors (Lipinski definition) is 2. The number of nitrogens with one attached hydrogen (secondary N) is 1. The molecule has 0 unspecified atom stereocenters. The minimum absolute atomic E-state index is 0. The van der Waals surface area contributed by atoms with Gasteiger partial charge in [0.15, 0.2) is 0 Å². The van der Waals surface area contributed by atoms with Crippen molar-refractivity contribution in [1.29, 1.82) is 0 Å². The second kappa shape index (κ2) is 7.68. The van der Waals surface area contributed by atoms with Gasteiger partial charge in [0.05, 0.1) is 6.67 Å². The summed E-state index contributed by atoms with van der Waals surface area (Å²) in [4.78, 5) is 2.25. The van der Waals surface area contributed by atoms with E-state index in [1.165, 1.54) is 0 Å². The lowest BCUT2D eigenvalue weighted by molar-refractivity contribution is 0.155. The summed E-state index contributed by atoms with van der Waals surface area (Å²) >= 11 is 0. The Hall–Kier alpha value is -0.840. The molecular weight excluding hydrogens is 267 g/mol. The van der Waals surface area contributed by atoms with Gasteiger partial charge in [0.25, 0.3) is 0 Å². The number of nitrogens with zero attached hydrogens (tertiary/aromatic N) is 1. The van der Waals surface area contributed by atoms with Crippen LogP contribution in [-0.4, -0.2) is 42.9 Å². The number of alkyl halides is 1. The topological polar surface area (TPSA) is 35.5 Å². The fourth-order valence-corrected chi connectivity index (χ4v) is 2.58. The lowest BCUT2D eigenvalue weighted by Gasteiger charge is -2.35. The Labute approximate surface area is 120 Å². The number of aromatic hydroxyl groups is 1. The van der Waals surface area contributed by atoms with E-state index in [2.05, 4.69) is 10.2 Å². The predicted octanol–water partition coefficient (Wildman–Crippen LogP) is 2.43. The minimum Gasteiger partial charge on any atom is -0.507 e. The van der Waals surface area contributed by atoms with Gasteiger partial charge < -0.3 is 10.4 Å². The third kappa shape index (κ3) is 3.81. The van der Waals surface area contributed by atoms with Crippen LogP contribution in [0.4, 0.5) is 4.39 Å². The van der Waals surface area contributed by atoms with Gasteiger partial charge in [-0.15, -0.1) is 12.4 Å². The molecule has 0 saturated carbocycles. The SMILES string of the molecule is Cc1cccc([C@@H](CCF)N2CCNCC2)c1O.Cl. The van der Waals surface area contributed by atoms with Gasteiger partial charge in [-0.2, -0.15) is 0 Å². The van der Waals surface area contributed by atoms with Crippen LogP contribution in [0.1, 0.15) is 23.6 Å². The molecule has 1 saturated heterocycles. The Kier molecular flexibility index (Phi) is 6.55. The van der Waals surface area contributed by atoms with Crippen LogP contribution in [0, 0.1) is 6.92 Å². The summed E-state index contributed by atoms with van der Waals surface area (Å²) < 4.78 is 12.8. The molecule has 0 aliphatic carbocycles. The lowest BCUT2D eigenvalue weighted by Crippen LogP contribution is -2.45. The van der Waals surface area contributed by atoms with Crippen LogP contribution in [0.25, 0.3) is 0 Å². The molecule has 1 fully saturated rings.